The number of hydrogen-bond donors (Lipinski definition) is 0. The van der Waals surface area contributed by atoms with Crippen LogP contribution in [-0.4, -0.2) is 45.1 Å². The summed E-state index contributed by atoms with van der Waals surface area (Å²) in [6, 6.07) is 0. The fourth-order valence-electron chi connectivity index (χ4n) is 1.43. The van der Waals surface area contributed by atoms with Crippen molar-refractivity contribution in [3.05, 3.63) is 0 Å². The zero-order valence-electron chi connectivity index (χ0n) is 9.81. The van der Waals surface area contributed by atoms with Crippen LogP contribution in [0.3, 0.4) is 0 Å². The lowest BCUT2D eigenvalue weighted by Gasteiger charge is -2.16. The highest BCUT2D eigenvalue weighted by Crippen LogP contribution is 2.30. The van der Waals surface area contributed by atoms with Crippen LogP contribution in [0.15, 0.2) is 0 Å². The van der Waals surface area contributed by atoms with Crippen LogP contribution in [0.1, 0.15) is 25.7 Å². The molecule has 94 valence electrons. The van der Waals surface area contributed by atoms with Crippen molar-refractivity contribution in [2.75, 3.05) is 26.5 Å². The number of nitrogens with zero attached hydrogens (tertiary/aromatic N) is 1. The Morgan fingerprint density at radius 1 is 1.44 bits per heavy atom. The Morgan fingerprint density at radius 2 is 2.06 bits per heavy atom. The number of sulfonamides is 1. The first kappa shape index (κ1) is 13.4. The summed E-state index contributed by atoms with van der Waals surface area (Å²) in [7, 11) is -0.289. The Bertz CT molecular complexity index is 335. The van der Waals surface area contributed by atoms with Gasteiger partial charge in [0.1, 0.15) is 0 Å². The van der Waals surface area contributed by atoms with Crippen molar-refractivity contribution in [3.63, 3.8) is 0 Å². The first-order valence-corrected chi connectivity index (χ1v) is 7.07. The molecule has 0 heterocycles. The molecule has 1 aliphatic rings. The molecule has 0 amide bonds. The van der Waals surface area contributed by atoms with Crippen LogP contribution in [0.2, 0.25) is 0 Å². The van der Waals surface area contributed by atoms with Gasteiger partial charge in [-0.3, -0.25) is 4.79 Å². The van der Waals surface area contributed by atoms with Crippen LogP contribution in [0, 0.1) is 5.92 Å². The van der Waals surface area contributed by atoms with Crippen LogP contribution in [0.4, 0.5) is 0 Å². The molecule has 1 aliphatic carbocycles. The van der Waals surface area contributed by atoms with Gasteiger partial charge in [0.2, 0.25) is 10.0 Å². The molecular formula is C10H19NO4S. The highest BCUT2D eigenvalue weighted by Gasteiger charge is 2.27. The van der Waals surface area contributed by atoms with Crippen LogP contribution in [0.25, 0.3) is 0 Å². The number of esters is 1. The van der Waals surface area contributed by atoms with Crippen molar-refractivity contribution in [1.29, 1.82) is 0 Å². The number of hydrogen-bond acceptors (Lipinski definition) is 4. The zero-order valence-corrected chi connectivity index (χ0v) is 10.6. The van der Waals surface area contributed by atoms with Crippen molar-refractivity contribution in [1.82, 2.24) is 4.31 Å². The van der Waals surface area contributed by atoms with Crippen LogP contribution in [-0.2, 0) is 19.6 Å². The van der Waals surface area contributed by atoms with E-state index >= 15 is 0 Å². The van der Waals surface area contributed by atoms with Gasteiger partial charge in [0, 0.05) is 20.0 Å². The summed E-state index contributed by atoms with van der Waals surface area (Å²) < 4.78 is 29.3. The highest BCUT2D eigenvalue weighted by molar-refractivity contribution is 7.89. The van der Waals surface area contributed by atoms with Crippen LogP contribution in [0.5, 0.6) is 0 Å². The van der Waals surface area contributed by atoms with Gasteiger partial charge in [-0.2, -0.15) is 0 Å². The topological polar surface area (TPSA) is 63.7 Å². The Hall–Kier alpha value is -0.620. The third kappa shape index (κ3) is 4.49. The van der Waals surface area contributed by atoms with E-state index in [-0.39, 0.29) is 18.1 Å². The van der Waals surface area contributed by atoms with E-state index in [1.807, 2.05) is 0 Å². The van der Waals surface area contributed by atoms with Crippen molar-refractivity contribution < 1.29 is 17.9 Å². The predicted molar refractivity (Wildman–Crippen MR) is 60.4 cm³/mol. The normalized spacial score (nSPS) is 16.4. The van der Waals surface area contributed by atoms with E-state index in [9.17, 15) is 13.2 Å². The van der Waals surface area contributed by atoms with Gasteiger partial charge in [-0.1, -0.05) is 0 Å². The lowest BCUT2D eigenvalue weighted by atomic mass is 10.3. The summed E-state index contributed by atoms with van der Waals surface area (Å²) in [4.78, 5) is 10.8. The highest BCUT2D eigenvalue weighted by atomic mass is 32.2. The van der Waals surface area contributed by atoms with E-state index in [4.69, 9.17) is 0 Å². The summed E-state index contributed by atoms with van der Waals surface area (Å²) in [5, 5.41) is 0. The molecule has 1 fully saturated rings. The fraction of sp³-hybridized carbons (Fsp3) is 0.900. The summed E-state index contributed by atoms with van der Waals surface area (Å²) in [5.41, 5.74) is 0. The van der Waals surface area contributed by atoms with Gasteiger partial charge >= 0.3 is 5.97 Å². The Balaban J connectivity index is 2.29. The van der Waals surface area contributed by atoms with Crippen LogP contribution < -0.4 is 0 Å². The molecule has 0 spiro atoms. The van der Waals surface area contributed by atoms with Gasteiger partial charge in [-0.15, -0.1) is 0 Å². The largest absolute Gasteiger partial charge is 0.469 e. The minimum atomic E-state index is -3.19. The molecule has 1 rings (SSSR count). The lowest BCUT2D eigenvalue weighted by molar-refractivity contribution is -0.140. The second-order valence-electron chi connectivity index (χ2n) is 4.22. The number of rotatable bonds is 7. The molecule has 0 saturated heterocycles. The molecule has 0 aromatic heterocycles. The minimum absolute atomic E-state index is 0.0192. The molecule has 0 aromatic rings. The second-order valence-corrected chi connectivity index (χ2v) is 6.41. The molecule has 0 aromatic carbocycles. The summed E-state index contributed by atoms with van der Waals surface area (Å²) in [5.74, 6) is 0.200. The molecular weight excluding hydrogens is 230 g/mol. The van der Waals surface area contributed by atoms with E-state index in [1.54, 1.807) is 7.05 Å². The molecule has 0 radical (unpaired) electrons. The van der Waals surface area contributed by atoms with E-state index in [2.05, 4.69) is 4.74 Å². The quantitative estimate of drug-likeness (QED) is 0.620. The molecule has 16 heavy (non-hydrogen) atoms. The van der Waals surface area contributed by atoms with Gasteiger partial charge in [-0.05, 0) is 25.2 Å². The third-order valence-corrected chi connectivity index (χ3v) is 4.60. The van der Waals surface area contributed by atoms with Gasteiger partial charge in [-0.25, -0.2) is 12.7 Å². The standard InChI is InChI=1S/C10H19NO4S/c1-11(8-9-5-6-9)16(13,14)7-3-4-10(12)15-2/h9H,3-8H2,1-2H3. The van der Waals surface area contributed by atoms with Crippen LogP contribution >= 0.6 is 0 Å². The molecule has 0 N–H and O–H groups in total. The average Bonchev–Trinajstić information content (AvgIpc) is 3.01. The maximum absolute atomic E-state index is 11.7. The molecule has 0 unspecified atom stereocenters. The summed E-state index contributed by atoms with van der Waals surface area (Å²) in [6.07, 6.45) is 2.74. The second kappa shape index (κ2) is 5.63. The van der Waals surface area contributed by atoms with Crippen molar-refractivity contribution >= 4 is 16.0 Å². The Labute approximate surface area is 96.8 Å². The smallest absolute Gasteiger partial charge is 0.305 e. The molecule has 6 heteroatoms. The van der Waals surface area contributed by atoms with Crippen molar-refractivity contribution in [2.45, 2.75) is 25.7 Å². The van der Waals surface area contributed by atoms with Gasteiger partial charge in [0.05, 0.1) is 12.9 Å². The van der Waals surface area contributed by atoms with Crippen molar-refractivity contribution in [2.24, 2.45) is 5.92 Å². The maximum atomic E-state index is 11.7. The zero-order chi connectivity index (χ0) is 12.2. The minimum Gasteiger partial charge on any atom is -0.469 e. The van der Waals surface area contributed by atoms with Gasteiger partial charge < -0.3 is 4.74 Å². The first-order chi connectivity index (χ1) is 7.45. The van der Waals surface area contributed by atoms with Gasteiger partial charge in [0.25, 0.3) is 0 Å². The molecule has 0 bridgehead atoms. The monoisotopic (exact) mass is 249 g/mol. The van der Waals surface area contributed by atoms with E-state index in [0.29, 0.717) is 18.9 Å². The number of carbonyl (C=O) groups is 1. The fourth-order valence-corrected chi connectivity index (χ4v) is 2.69. The molecule has 0 aliphatic heterocycles. The lowest BCUT2D eigenvalue weighted by Crippen LogP contribution is -2.31. The molecule has 1 saturated carbocycles. The van der Waals surface area contributed by atoms with E-state index < -0.39 is 10.0 Å². The van der Waals surface area contributed by atoms with E-state index in [0.717, 1.165) is 12.8 Å². The first-order valence-electron chi connectivity index (χ1n) is 5.46. The van der Waals surface area contributed by atoms with Gasteiger partial charge in [0.15, 0.2) is 0 Å². The number of carbonyl (C=O) groups excluding carboxylic acids is 1. The summed E-state index contributed by atoms with van der Waals surface area (Å²) in [6.45, 7) is 0.612. The molecule has 5 nitrogen and oxygen atoms in total. The molecule has 0 atom stereocenters. The maximum Gasteiger partial charge on any atom is 0.305 e. The summed E-state index contributed by atoms with van der Waals surface area (Å²) >= 11 is 0. The van der Waals surface area contributed by atoms with Crippen molar-refractivity contribution in [3.8, 4) is 0 Å². The Morgan fingerprint density at radius 3 is 2.56 bits per heavy atom. The SMILES string of the molecule is COC(=O)CCCS(=O)(=O)N(C)CC1CC1. The number of ether oxygens (including phenoxy) is 1. The average molecular weight is 249 g/mol. The van der Waals surface area contributed by atoms with E-state index in [1.165, 1.54) is 11.4 Å². The predicted octanol–water partition coefficient (Wildman–Crippen LogP) is 0.611. The number of methoxy groups -OCH3 is 1. The third-order valence-electron chi connectivity index (χ3n) is 2.70. The Kier molecular flexibility index (Phi) is 4.73.